The van der Waals surface area contributed by atoms with Gasteiger partial charge in [0.25, 0.3) is 0 Å². The van der Waals surface area contributed by atoms with E-state index in [-0.39, 0.29) is 6.04 Å². The average molecular weight is 274 g/mol. The van der Waals surface area contributed by atoms with Crippen molar-refractivity contribution in [3.63, 3.8) is 0 Å². The van der Waals surface area contributed by atoms with Crippen LogP contribution in [0, 0.1) is 0 Å². The number of rotatable bonds is 4. The second-order valence-electron chi connectivity index (χ2n) is 3.37. The van der Waals surface area contributed by atoms with Crippen LogP contribution in [0.1, 0.15) is 18.5 Å². The number of halogens is 4. The second kappa shape index (κ2) is 5.35. The predicted octanol–water partition coefficient (Wildman–Crippen LogP) is 2.98. The minimum atomic E-state index is -4.58. The maximum atomic E-state index is 12.0. The molecule has 1 aromatic heterocycles. The van der Waals surface area contributed by atoms with E-state index in [2.05, 4.69) is 5.32 Å². The number of aliphatic hydroxyl groups excluding tert-OH is 1. The van der Waals surface area contributed by atoms with E-state index in [4.69, 9.17) is 16.7 Å². The minimum absolute atomic E-state index is 0.277. The molecular formula is C9H11ClF3NOS. The molecule has 16 heavy (non-hydrogen) atoms. The molecule has 2 atom stereocenters. The summed E-state index contributed by atoms with van der Waals surface area (Å²) in [6.45, 7) is 1.18. The number of aliphatic hydroxyl groups is 1. The highest BCUT2D eigenvalue weighted by Gasteiger charge is 2.37. The maximum absolute atomic E-state index is 12.0. The van der Waals surface area contributed by atoms with Crippen LogP contribution in [0.25, 0.3) is 0 Å². The van der Waals surface area contributed by atoms with Gasteiger partial charge in [-0.3, -0.25) is 0 Å². The Morgan fingerprint density at radius 1 is 1.56 bits per heavy atom. The molecule has 2 N–H and O–H groups in total. The number of hydrogen-bond acceptors (Lipinski definition) is 3. The second-order valence-corrected chi connectivity index (χ2v) is 4.91. The lowest BCUT2D eigenvalue weighted by Gasteiger charge is -2.18. The summed E-state index contributed by atoms with van der Waals surface area (Å²) in [7, 11) is 0. The van der Waals surface area contributed by atoms with E-state index < -0.39 is 18.8 Å². The summed E-state index contributed by atoms with van der Waals surface area (Å²) < 4.78 is 36.6. The van der Waals surface area contributed by atoms with Crippen molar-refractivity contribution in [1.82, 2.24) is 5.32 Å². The summed E-state index contributed by atoms with van der Waals surface area (Å²) in [4.78, 5) is 0. The predicted molar refractivity (Wildman–Crippen MR) is 57.8 cm³/mol. The molecule has 1 aromatic rings. The lowest BCUT2D eigenvalue weighted by atomic mass is 10.2. The Kier molecular flexibility index (Phi) is 4.61. The van der Waals surface area contributed by atoms with Gasteiger partial charge in [-0.15, -0.1) is 11.3 Å². The maximum Gasteiger partial charge on any atom is 0.415 e. The third-order valence-corrected chi connectivity index (χ3v) is 3.19. The van der Waals surface area contributed by atoms with Crippen LogP contribution in [-0.4, -0.2) is 23.9 Å². The number of hydrogen-bond donors (Lipinski definition) is 2. The van der Waals surface area contributed by atoms with E-state index in [9.17, 15) is 13.2 Å². The Labute approximate surface area is 100 Å². The highest BCUT2D eigenvalue weighted by Crippen LogP contribution is 2.25. The van der Waals surface area contributed by atoms with Crippen LogP contribution >= 0.6 is 22.9 Å². The molecule has 0 saturated heterocycles. The zero-order valence-corrected chi connectivity index (χ0v) is 9.96. The Morgan fingerprint density at radius 3 is 2.62 bits per heavy atom. The number of nitrogens with one attached hydrogen (secondary N) is 1. The van der Waals surface area contributed by atoms with Crippen molar-refractivity contribution >= 4 is 22.9 Å². The first-order chi connectivity index (χ1) is 7.30. The Bertz CT molecular complexity index is 342. The summed E-state index contributed by atoms with van der Waals surface area (Å²) in [5, 5.41) is 13.1. The van der Waals surface area contributed by atoms with Gasteiger partial charge in [-0.05, 0) is 23.9 Å². The molecule has 2 nitrogen and oxygen atoms in total. The molecule has 0 aromatic carbocycles. The first-order valence-electron chi connectivity index (χ1n) is 4.53. The zero-order valence-electron chi connectivity index (χ0n) is 8.38. The van der Waals surface area contributed by atoms with Gasteiger partial charge in [0.1, 0.15) is 0 Å². The van der Waals surface area contributed by atoms with Gasteiger partial charge in [0.05, 0.1) is 4.34 Å². The molecular weight excluding hydrogens is 263 g/mol. The van der Waals surface area contributed by atoms with Gasteiger partial charge in [-0.25, -0.2) is 0 Å². The summed E-state index contributed by atoms with van der Waals surface area (Å²) in [5.74, 6) is 0. The fourth-order valence-corrected chi connectivity index (χ4v) is 2.06. The largest absolute Gasteiger partial charge is 0.415 e. The molecule has 1 heterocycles. The molecule has 0 aliphatic rings. The van der Waals surface area contributed by atoms with E-state index in [1.165, 1.54) is 11.3 Å². The van der Waals surface area contributed by atoms with Crippen LogP contribution in [0.2, 0.25) is 4.34 Å². The Morgan fingerprint density at radius 2 is 2.19 bits per heavy atom. The lowest BCUT2D eigenvalue weighted by Crippen LogP contribution is -2.39. The van der Waals surface area contributed by atoms with E-state index in [1.54, 1.807) is 18.4 Å². The Hall–Kier alpha value is -0.300. The molecule has 0 radical (unpaired) electrons. The van der Waals surface area contributed by atoms with Crippen LogP contribution in [0.5, 0.6) is 0 Å². The average Bonchev–Trinajstić information content (AvgIpc) is 2.59. The van der Waals surface area contributed by atoms with Crippen LogP contribution in [0.3, 0.4) is 0 Å². The SMILES string of the molecule is CC(NCC(O)C(F)(F)F)c1csc(Cl)c1. The van der Waals surface area contributed by atoms with Crippen LogP contribution in [0.4, 0.5) is 13.2 Å². The van der Waals surface area contributed by atoms with Gasteiger partial charge in [-0.2, -0.15) is 13.2 Å². The Balaban J connectivity index is 2.44. The normalized spacial score (nSPS) is 16.1. The molecule has 0 aliphatic heterocycles. The third kappa shape index (κ3) is 3.93. The fraction of sp³-hybridized carbons (Fsp3) is 0.556. The highest BCUT2D eigenvalue weighted by molar-refractivity contribution is 7.14. The van der Waals surface area contributed by atoms with Crippen LogP contribution in [0.15, 0.2) is 11.4 Å². The number of alkyl halides is 3. The minimum Gasteiger partial charge on any atom is -0.382 e. The molecule has 0 aliphatic carbocycles. The molecule has 0 amide bonds. The quantitative estimate of drug-likeness (QED) is 0.884. The van der Waals surface area contributed by atoms with Crippen molar-refractivity contribution in [2.45, 2.75) is 25.2 Å². The molecule has 0 spiro atoms. The molecule has 7 heteroatoms. The molecule has 0 saturated carbocycles. The first kappa shape index (κ1) is 13.8. The van der Waals surface area contributed by atoms with Crippen molar-refractivity contribution in [2.24, 2.45) is 0 Å². The molecule has 0 fully saturated rings. The summed E-state index contributed by atoms with van der Waals surface area (Å²) in [5.41, 5.74) is 0.810. The van der Waals surface area contributed by atoms with Gasteiger partial charge in [0.2, 0.25) is 0 Å². The molecule has 92 valence electrons. The van der Waals surface area contributed by atoms with Crippen molar-refractivity contribution < 1.29 is 18.3 Å². The van der Waals surface area contributed by atoms with Crippen LogP contribution in [-0.2, 0) is 0 Å². The van der Waals surface area contributed by atoms with Crippen LogP contribution < -0.4 is 5.32 Å². The van der Waals surface area contributed by atoms with Gasteiger partial charge in [0.15, 0.2) is 6.10 Å². The van der Waals surface area contributed by atoms with Crippen molar-refractivity contribution in [1.29, 1.82) is 0 Å². The smallest absolute Gasteiger partial charge is 0.382 e. The highest BCUT2D eigenvalue weighted by atomic mass is 35.5. The van der Waals surface area contributed by atoms with Crippen molar-refractivity contribution in [3.8, 4) is 0 Å². The van der Waals surface area contributed by atoms with Crippen molar-refractivity contribution in [3.05, 3.63) is 21.3 Å². The van der Waals surface area contributed by atoms with Gasteiger partial charge < -0.3 is 10.4 Å². The van der Waals surface area contributed by atoms with Crippen molar-refractivity contribution in [2.75, 3.05) is 6.54 Å². The van der Waals surface area contributed by atoms with E-state index in [1.807, 2.05) is 0 Å². The fourth-order valence-electron chi connectivity index (χ4n) is 1.07. The molecule has 2 unspecified atom stereocenters. The monoisotopic (exact) mass is 273 g/mol. The third-order valence-electron chi connectivity index (χ3n) is 2.08. The summed E-state index contributed by atoms with van der Waals surface area (Å²) in [6, 6.07) is 1.41. The molecule has 1 rings (SSSR count). The summed E-state index contributed by atoms with van der Waals surface area (Å²) >= 11 is 7.01. The van der Waals surface area contributed by atoms with Gasteiger partial charge in [-0.1, -0.05) is 11.6 Å². The van der Waals surface area contributed by atoms with E-state index in [0.717, 1.165) is 5.56 Å². The van der Waals surface area contributed by atoms with E-state index in [0.29, 0.717) is 4.34 Å². The topological polar surface area (TPSA) is 32.3 Å². The standard InChI is InChI=1S/C9H11ClF3NOS/c1-5(6-2-8(10)16-4-6)14-3-7(15)9(11,12)13/h2,4-5,7,14-15H,3H2,1H3. The lowest BCUT2D eigenvalue weighted by molar-refractivity contribution is -0.202. The first-order valence-corrected chi connectivity index (χ1v) is 5.78. The van der Waals surface area contributed by atoms with Gasteiger partial charge >= 0.3 is 6.18 Å². The zero-order chi connectivity index (χ0) is 12.3. The van der Waals surface area contributed by atoms with E-state index >= 15 is 0 Å². The summed E-state index contributed by atoms with van der Waals surface area (Å²) in [6.07, 6.45) is -6.93. The molecule has 0 bridgehead atoms. The van der Waals surface area contributed by atoms with Gasteiger partial charge in [0, 0.05) is 12.6 Å². The number of thiophene rings is 1.